The lowest BCUT2D eigenvalue weighted by molar-refractivity contribution is -0.115. The summed E-state index contributed by atoms with van der Waals surface area (Å²) in [5.41, 5.74) is 1.07. The third-order valence-corrected chi connectivity index (χ3v) is 3.35. The van der Waals surface area contributed by atoms with Crippen LogP contribution in [0.15, 0.2) is 24.3 Å². The summed E-state index contributed by atoms with van der Waals surface area (Å²) in [7, 11) is 1.74. The van der Waals surface area contributed by atoms with Crippen LogP contribution in [0.3, 0.4) is 0 Å². The number of tetrazole rings is 1. The van der Waals surface area contributed by atoms with Gasteiger partial charge in [0.05, 0.1) is 12.6 Å². The molecule has 0 aliphatic carbocycles. The number of aryl methyl sites for hydroxylation is 1. The first kappa shape index (κ1) is 17.5. The third-order valence-electron chi connectivity index (χ3n) is 3.35. The fourth-order valence-electron chi connectivity index (χ4n) is 2.15. The second-order valence-electron chi connectivity index (χ2n) is 5.25. The molecule has 0 bridgehead atoms. The summed E-state index contributed by atoms with van der Waals surface area (Å²) in [4.78, 5) is 23.8. The number of hydrogen-bond donors (Lipinski definition) is 3. The van der Waals surface area contributed by atoms with Crippen LogP contribution in [0, 0.1) is 0 Å². The van der Waals surface area contributed by atoms with E-state index in [-0.39, 0.29) is 24.4 Å². The van der Waals surface area contributed by atoms with E-state index in [0.29, 0.717) is 23.6 Å². The monoisotopic (exact) mass is 331 g/mol. The molecule has 2 amide bonds. The number of carbonyl (C=O) groups excluding carboxylic acids is 2. The van der Waals surface area contributed by atoms with E-state index >= 15 is 0 Å². The van der Waals surface area contributed by atoms with Crippen molar-refractivity contribution in [1.29, 1.82) is 0 Å². The average molecular weight is 331 g/mol. The van der Waals surface area contributed by atoms with Gasteiger partial charge in [0, 0.05) is 24.8 Å². The van der Waals surface area contributed by atoms with Crippen molar-refractivity contribution in [2.45, 2.75) is 19.9 Å². The summed E-state index contributed by atoms with van der Waals surface area (Å²) in [5, 5.41) is 19.7. The maximum atomic E-state index is 12.0. The van der Waals surface area contributed by atoms with Crippen molar-refractivity contribution in [3.63, 3.8) is 0 Å². The summed E-state index contributed by atoms with van der Waals surface area (Å²) in [5.74, 6) is 0.251. The fraction of sp³-hybridized carbons (Fsp3) is 0.400. The normalized spacial score (nSPS) is 11.8. The van der Waals surface area contributed by atoms with Crippen LogP contribution in [0.1, 0.15) is 36.1 Å². The number of benzene rings is 1. The molecule has 0 saturated heterocycles. The molecule has 1 aromatic carbocycles. The van der Waals surface area contributed by atoms with Crippen LogP contribution in [-0.4, -0.2) is 45.1 Å². The number of amides is 2. The second-order valence-corrected chi connectivity index (χ2v) is 5.25. The van der Waals surface area contributed by atoms with Crippen molar-refractivity contribution < 1.29 is 9.59 Å². The van der Waals surface area contributed by atoms with Crippen LogP contribution in [0.25, 0.3) is 0 Å². The lowest BCUT2D eigenvalue weighted by Crippen LogP contribution is -2.31. The maximum absolute atomic E-state index is 12.0. The summed E-state index contributed by atoms with van der Waals surface area (Å²) < 4.78 is 1.55. The van der Waals surface area contributed by atoms with Crippen molar-refractivity contribution in [1.82, 2.24) is 30.8 Å². The number of aromatic nitrogens is 4. The predicted molar refractivity (Wildman–Crippen MR) is 88.3 cm³/mol. The first-order valence-corrected chi connectivity index (χ1v) is 7.65. The topological polar surface area (TPSA) is 114 Å². The Labute approximate surface area is 139 Å². The number of hydrogen-bond acceptors (Lipinski definition) is 6. The minimum absolute atomic E-state index is 0.0966. The van der Waals surface area contributed by atoms with Crippen LogP contribution in [-0.2, 0) is 11.8 Å². The molecule has 128 valence electrons. The lowest BCUT2D eigenvalue weighted by Gasteiger charge is -2.12. The molecule has 0 aliphatic rings. The summed E-state index contributed by atoms with van der Waals surface area (Å²) in [6.07, 6.45) is 0. The van der Waals surface area contributed by atoms with Gasteiger partial charge in [-0.05, 0) is 42.5 Å². The van der Waals surface area contributed by atoms with E-state index in [4.69, 9.17) is 0 Å². The Morgan fingerprint density at radius 2 is 2.12 bits per heavy atom. The van der Waals surface area contributed by atoms with Crippen LogP contribution < -0.4 is 16.0 Å². The van der Waals surface area contributed by atoms with E-state index in [1.807, 2.05) is 13.8 Å². The zero-order chi connectivity index (χ0) is 17.5. The molecule has 2 rings (SSSR count). The van der Waals surface area contributed by atoms with Crippen molar-refractivity contribution in [3.05, 3.63) is 35.7 Å². The molecule has 1 aromatic heterocycles. The van der Waals surface area contributed by atoms with E-state index in [0.717, 1.165) is 0 Å². The van der Waals surface area contributed by atoms with Gasteiger partial charge in [-0.2, -0.15) is 0 Å². The molecule has 0 unspecified atom stereocenters. The Morgan fingerprint density at radius 1 is 1.33 bits per heavy atom. The highest BCUT2D eigenvalue weighted by Crippen LogP contribution is 2.11. The molecular formula is C15H21N7O2. The molecular weight excluding hydrogens is 310 g/mol. The van der Waals surface area contributed by atoms with Crippen molar-refractivity contribution in [2.24, 2.45) is 7.05 Å². The predicted octanol–water partition coefficient (Wildman–Crippen LogP) is 0.249. The minimum Gasteiger partial charge on any atom is -0.352 e. The first-order chi connectivity index (χ1) is 11.5. The van der Waals surface area contributed by atoms with E-state index in [1.54, 1.807) is 36.0 Å². The molecule has 2 aromatic rings. The Balaban J connectivity index is 1.89. The molecule has 1 atom stereocenters. The molecule has 24 heavy (non-hydrogen) atoms. The van der Waals surface area contributed by atoms with Crippen molar-refractivity contribution in [3.8, 4) is 0 Å². The molecule has 0 fully saturated rings. The highest BCUT2D eigenvalue weighted by Gasteiger charge is 2.13. The van der Waals surface area contributed by atoms with E-state index in [1.165, 1.54) is 0 Å². The van der Waals surface area contributed by atoms with Crippen molar-refractivity contribution in [2.75, 3.05) is 18.4 Å². The summed E-state index contributed by atoms with van der Waals surface area (Å²) in [6.45, 7) is 4.37. The van der Waals surface area contributed by atoms with E-state index in [2.05, 4.69) is 31.5 Å². The number of rotatable bonds is 7. The van der Waals surface area contributed by atoms with Crippen LogP contribution in [0.5, 0.6) is 0 Å². The van der Waals surface area contributed by atoms with Gasteiger partial charge >= 0.3 is 0 Å². The Bertz CT molecular complexity index is 713. The quantitative estimate of drug-likeness (QED) is 0.670. The Kier molecular flexibility index (Phi) is 5.96. The standard InChI is InChI=1S/C15H21N7O2/c1-4-16-15(24)11-6-5-7-12(8-11)18-13(23)9-17-10(2)14-19-20-21-22(14)3/h5-8,10,17H,4,9H2,1-3H3,(H,16,24)(H,18,23)/t10-/m1/s1. The van der Waals surface area contributed by atoms with Crippen molar-refractivity contribution >= 4 is 17.5 Å². The van der Waals surface area contributed by atoms with Gasteiger partial charge in [0.1, 0.15) is 0 Å². The number of nitrogens with one attached hydrogen (secondary N) is 3. The molecule has 0 aliphatic heterocycles. The second kappa shape index (κ2) is 8.16. The molecule has 0 radical (unpaired) electrons. The van der Waals surface area contributed by atoms with Gasteiger partial charge in [0.15, 0.2) is 5.82 Å². The van der Waals surface area contributed by atoms with Crippen LogP contribution in [0.4, 0.5) is 5.69 Å². The molecule has 1 heterocycles. The minimum atomic E-state index is -0.218. The van der Waals surface area contributed by atoms with Gasteiger partial charge in [-0.15, -0.1) is 5.10 Å². The Hall–Kier alpha value is -2.81. The van der Waals surface area contributed by atoms with Gasteiger partial charge in [-0.25, -0.2) is 4.68 Å². The van der Waals surface area contributed by atoms with Gasteiger partial charge < -0.3 is 10.6 Å². The Morgan fingerprint density at radius 3 is 2.79 bits per heavy atom. The summed E-state index contributed by atoms with van der Waals surface area (Å²) >= 11 is 0. The highest BCUT2D eigenvalue weighted by atomic mass is 16.2. The summed E-state index contributed by atoms with van der Waals surface area (Å²) in [6, 6.07) is 6.62. The van der Waals surface area contributed by atoms with Crippen LogP contribution >= 0.6 is 0 Å². The van der Waals surface area contributed by atoms with E-state index < -0.39 is 0 Å². The third kappa shape index (κ3) is 4.59. The maximum Gasteiger partial charge on any atom is 0.251 e. The zero-order valence-electron chi connectivity index (χ0n) is 13.9. The van der Waals surface area contributed by atoms with Crippen LogP contribution in [0.2, 0.25) is 0 Å². The molecule has 0 saturated carbocycles. The molecule has 9 heteroatoms. The molecule has 3 N–H and O–H groups in total. The smallest absolute Gasteiger partial charge is 0.251 e. The largest absolute Gasteiger partial charge is 0.352 e. The lowest BCUT2D eigenvalue weighted by atomic mass is 10.2. The number of carbonyl (C=O) groups is 2. The van der Waals surface area contributed by atoms with Gasteiger partial charge in [0.25, 0.3) is 5.91 Å². The zero-order valence-corrected chi connectivity index (χ0v) is 13.9. The van der Waals surface area contributed by atoms with Gasteiger partial charge in [0.2, 0.25) is 5.91 Å². The number of nitrogens with zero attached hydrogens (tertiary/aromatic N) is 4. The SMILES string of the molecule is CCNC(=O)c1cccc(NC(=O)CN[C@H](C)c2nnnn2C)c1. The average Bonchev–Trinajstić information content (AvgIpc) is 2.99. The molecule has 0 spiro atoms. The first-order valence-electron chi connectivity index (χ1n) is 7.65. The molecule has 9 nitrogen and oxygen atoms in total. The highest BCUT2D eigenvalue weighted by molar-refractivity contribution is 5.97. The van der Waals surface area contributed by atoms with Gasteiger partial charge in [-0.1, -0.05) is 6.07 Å². The fourth-order valence-corrected chi connectivity index (χ4v) is 2.15. The van der Waals surface area contributed by atoms with E-state index in [9.17, 15) is 9.59 Å². The number of anilines is 1. The van der Waals surface area contributed by atoms with Gasteiger partial charge in [-0.3, -0.25) is 14.9 Å².